The predicted molar refractivity (Wildman–Crippen MR) is 71.9 cm³/mol. The number of thioether (sulfide) groups is 1. The summed E-state index contributed by atoms with van der Waals surface area (Å²) in [6.45, 7) is 0.319. The van der Waals surface area contributed by atoms with E-state index in [-0.39, 0.29) is 11.5 Å². The third-order valence-electron chi connectivity index (χ3n) is 3.18. The number of aromatic nitrogens is 1. The molecule has 0 aromatic carbocycles. The third-order valence-corrected chi connectivity index (χ3v) is 4.20. The van der Waals surface area contributed by atoms with Crippen molar-refractivity contribution in [3.63, 3.8) is 0 Å². The van der Waals surface area contributed by atoms with Crippen molar-refractivity contribution in [1.29, 1.82) is 0 Å². The second-order valence-electron chi connectivity index (χ2n) is 4.32. The lowest BCUT2D eigenvalue weighted by Crippen LogP contribution is -2.50. The Morgan fingerprint density at radius 1 is 1.50 bits per heavy atom. The van der Waals surface area contributed by atoms with E-state index in [2.05, 4.69) is 0 Å². The van der Waals surface area contributed by atoms with Gasteiger partial charge in [-0.3, -0.25) is 4.79 Å². The molecule has 0 saturated carbocycles. The summed E-state index contributed by atoms with van der Waals surface area (Å²) in [5, 5.41) is 19.9. The fraction of sp³-hybridized carbons (Fsp3) is 0.455. The van der Waals surface area contributed by atoms with E-state index in [0.29, 0.717) is 18.1 Å². The molecular weight excluding hydrogens is 286 g/mol. The van der Waals surface area contributed by atoms with Gasteiger partial charge in [-0.25, -0.2) is 9.36 Å². The Hall–Kier alpha value is -2.03. The number of amides is 1. The molecular formula is C11H13N3O5S. The number of nitrogens with zero attached hydrogens (tertiary/aromatic N) is 3. The zero-order valence-corrected chi connectivity index (χ0v) is 11.5. The number of aliphatic carboxylic acids is 1. The van der Waals surface area contributed by atoms with Crippen LogP contribution in [0.2, 0.25) is 0 Å². The Morgan fingerprint density at radius 3 is 2.75 bits per heavy atom. The van der Waals surface area contributed by atoms with Crippen LogP contribution in [0.5, 0.6) is 0 Å². The van der Waals surface area contributed by atoms with E-state index in [0.717, 1.165) is 0 Å². The molecule has 1 saturated heterocycles. The van der Waals surface area contributed by atoms with Crippen LogP contribution in [0.3, 0.4) is 0 Å². The van der Waals surface area contributed by atoms with Gasteiger partial charge in [0.25, 0.3) is 5.91 Å². The molecule has 0 radical (unpaired) electrons. The summed E-state index contributed by atoms with van der Waals surface area (Å²) in [7, 11) is 1.42. The molecule has 0 aliphatic carbocycles. The molecule has 1 aromatic rings. The Morgan fingerprint density at radius 2 is 2.20 bits per heavy atom. The van der Waals surface area contributed by atoms with Crippen LogP contribution in [0.15, 0.2) is 12.1 Å². The van der Waals surface area contributed by atoms with Crippen LogP contribution in [0.4, 0.5) is 5.82 Å². The van der Waals surface area contributed by atoms with Crippen LogP contribution in [0.25, 0.3) is 0 Å². The van der Waals surface area contributed by atoms with Gasteiger partial charge in [0.1, 0.15) is 6.04 Å². The number of hydrogen-bond donors (Lipinski definition) is 1. The number of carbonyl (C=O) groups excluding carboxylic acids is 1. The maximum absolute atomic E-state index is 12.4. The fourth-order valence-corrected chi connectivity index (χ4v) is 3.14. The Balaban J connectivity index is 2.30. The number of hydrogen-bond acceptors (Lipinski definition) is 5. The minimum atomic E-state index is -1.06. The number of carboxylic acids is 1. The van der Waals surface area contributed by atoms with Crippen LogP contribution in [0, 0.1) is 10.1 Å². The van der Waals surface area contributed by atoms with E-state index in [1.54, 1.807) is 0 Å². The highest BCUT2D eigenvalue weighted by molar-refractivity contribution is 7.99. The van der Waals surface area contributed by atoms with Gasteiger partial charge in [-0.15, -0.1) is 0 Å². The van der Waals surface area contributed by atoms with Gasteiger partial charge in [0.15, 0.2) is 5.69 Å². The fourth-order valence-electron chi connectivity index (χ4n) is 2.10. The quantitative estimate of drug-likeness (QED) is 0.646. The standard InChI is InChI=1S/C11H13N3O5S/c1-12-7(2-3-9(12)14(18)19)10(15)13-4-5-20-6-8(13)11(16)17/h2-3,8H,4-6H2,1H3,(H,16,17). The van der Waals surface area contributed by atoms with Gasteiger partial charge in [0.05, 0.1) is 7.05 Å². The molecule has 0 bridgehead atoms. The van der Waals surface area contributed by atoms with E-state index in [9.17, 15) is 19.7 Å². The summed E-state index contributed by atoms with van der Waals surface area (Å²) >= 11 is 1.47. The molecule has 108 valence electrons. The van der Waals surface area contributed by atoms with Crippen molar-refractivity contribution in [3.05, 3.63) is 27.9 Å². The van der Waals surface area contributed by atoms with Crippen molar-refractivity contribution >= 4 is 29.5 Å². The molecule has 1 fully saturated rings. The van der Waals surface area contributed by atoms with E-state index in [4.69, 9.17) is 5.11 Å². The largest absolute Gasteiger partial charge is 0.480 e. The summed E-state index contributed by atoms with van der Waals surface area (Å²) in [5.41, 5.74) is 0.120. The average Bonchev–Trinajstić information content (AvgIpc) is 2.79. The molecule has 9 heteroatoms. The highest BCUT2D eigenvalue weighted by atomic mass is 32.2. The minimum Gasteiger partial charge on any atom is -0.480 e. The number of rotatable bonds is 3. The molecule has 20 heavy (non-hydrogen) atoms. The number of carboxylic acid groups (broad SMARTS) is 1. The van der Waals surface area contributed by atoms with Crippen molar-refractivity contribution in [2.24, 2.45) is 7.05 Å². The van der Waals surface area contributed by atoms with Crippen LogP contribution in [-0.4, -0.2) is 55.5 Å². The maximum Gasteiger partial charge on any atom is 0.327 e. The second-order valence-corrected chi connectivity index (χ2v) is 5.47. The zero-order chi connectivity index (χ0) is 14.9. The van der Waals surface area contributed by atoms with Crippen molar-refractivity contribution in [1.82, 2.24) is 9.47 Å². The highest BCUT2D eigenvalue weighted by Gasteiger charge is 2.35. The molecule has 8 nitrogen and oxygen atoms in total. The molecule has 1 aliphatic heterocycles. The summed E-state index contributed by atoms with van der Waals surface area (Å²) in [6.07, 6.45) is 0. The monoisotopic (exact) mass is 299 g/mol. The molecule has 2 rings (SSSR count). The average molecular weight is 299 g/mol. The molecule has 1 aliphatic rings. The van der Waals surface area contributed by atoms with E-state index >= 15 is 0 Å². The maximum atomic E-state index is 12.4. The molecule has 1 amide bonds. The minimum absolute atomic E-state index is 0.120. The summed E-state index contributed by atoms with van der Waals surface area (Å²) in [5.74, 6) is -0.774. The zero-order valence-electron chi connectivity index (χ0n) is 10.7. The first-order chi connectivity index (χ1) is 9.43. The Kier molecular flexibility index (Phi) is 3.98. The smallest absolute Gasteiger partial charge is 0.327 e. The van der Waals surface area contributed by atoms with Crippen molar-refractivity contribution in [2.75, 3.05) is 18.1 Å². The first-order valence-corrected chi connectivity index (χ1v) is 7.00. The lowest BCUT2D eigenvalue weighted by atomic mass is 10.2. The van der Waals surface area contributed by atoms with Gasteiger partial charge in [0, 0.05) is 24.1 Å². The molecule has 1 atom stereocenters. The van der Waals surface area contributed by atoms with Gasteiger partial charge in [-0.1, -0.05) is 0 Å². The topological polar surface area (TPSA) is 106 Å². The van der Waals surface area contributed by atoms with Crippen LogP contribution < -0.4 is 0 Å². The number of nitro groups is 1. The Labute approximate surface area is 118 Å². The third kappa shape index (κ3) is 2.48. The van der Waals surface area contributed by atoms with E-state index in [1.807, 2.05) is 0 Å². The van der Waals surface area contributed by atoms with Crippen molar-refractivity contribution < 1.29 is 19.6 Å². The van der Waals surface area contributed by atoms with Gasteiger partial charge in [-0.05, 0) is 11.0 Å². The number of carbonyl (C=O) groups is 2. The lowest BCUT2D eigenvalue weighted by Gasteiger charge is -2.31. The SMILES string of the molecule is Cn1c(C(=O)N2CCSCC2C(=O)O)ccc1[N+](=O)[O-]. The summed E-state index contributed by atoms with van der Waals surface area (Å²) in [6, 6.07) is 1.69. The first-order valence-electron chi connectivity index (χ1n) is 5.85. The first kappa shape index (κ1) is 14.4. The van der Waals surface area contributed by atoms with Crippen molar-refractivity contribution in [2.45, 2.75) is 6.04 Å². The van der Waals surface area contributed by atoms with Gasteiger partial charge in [-0.2, -0.15) is 11.8 Å². The lowest BCUT2D eigenvalue weighted by molar-refractivity contribution is -0.391. The van der Waals surface area contributed by atoms with Crippen LogP contribution in [-0.2, 0) is 11.8 Å². The molecule has 1 N–H and O–H groups in total. The van der Waals surface area contributed by atoms with E-state index < -0.39 is 22.8 Å². The van der Waals surface area contributed by atoms with Gasteiger partial charge >= 0.3 is 11.8 Å². The van der Waals surface area contributed by atoms with Crippen LogP contribution in [0.1, 0.15) is 10.5 Å². The molecule has 1 aromatic heterocycles. The van der Waals surface area contributed by atoms with Crippen molar-refractivity contribution in [3.8, 4) is 0 Å². The van der Waals surface area contributed by atoms with Gasteiger partial charge < -0.3 is 20.1 Å². The summed E-state index contributed by atoms with van der Waals surface area (Å²) < 4.78 is 1.17. The van der Waals surface area contributed by atoms with E-state index in [1.165, 1.54) is 40.4 Å². The van der Waals surface area contributed by atoms with Crippen LogP contribution >= 0.6 is 11.8 Å². The normalized spacial score (nSPS) is 18.9. The predicted octanol–water partition coefficient (Wildman–Crippen LogP) is 0.575. The summed E-state index contributed by atoms with van der Waals surface area (Å²) in [4.78, 5) is 35.0. The molecule has 2 heterocycles. The molecule has 0 spiro atoms. The van der Waals surface area contributed by atoms with Gasteiger partial charge in [0.2, 0.25) is 0 Å². The molecule has 1 unspecified atom stereocenters. The second kappa shape index (κ2) is 5.53. The highest BCUT2D eigenvalue weighted by Crippen LogP contribution is 2.22. The Bertz CT molecular complexity index is 570.